The van der Waals surface area contributed by atoms with Crippen LogP contribution in [0.2, 0.25) is 0 Å². The summed E-state index contributed by atoms with van der Waals surface area (Å²) in [6, 6.07) is 11.7. The first-order valence-corrected chi connectivity index (χ1v) is 9.53. The van der Waals surface area contributed by atoms with E-state index in [1.165, 1.54) is 0 Å². The van der Waals surface area contributed by atoms with Crippen molar-refractivity contribution in [3.63, 3.8) is 0 Å². The molecule has 1 atom stereocenters. The van der Waals surface area contributed by atoms with Gasteiger partial charge in [0.05, 0.1) is 35.3 Å². The fraction of sp³-hybridized carbons (Fsp3) is 0.381. The fourth-order valence-electron chi connectivity index (χ4n) is 4.22. The lowest BCUT2D eigenvalue weighted by Gasteiger charge is -2.40. The minimum atomic E-state index is -0.829. The molecular weight excluding hydrogens is 340 g/mol. The van der Waals surface area contributed by atoms with E-state index in [1.807, 2.05) is 41.3 Å². The van der Waals surface area contributed by atoms with Gasteiger partial charge in [-0.1, -0.05) is 24.3 Å². The van der Waals surface area contributed by atoms with E-state index in [9.17, 15) is 9.90 Å². The van der Waals surface area contributed by atoms with E-state index in [0.29, 0.717) is 19.4 Å². The van der Waals surface area contributed by atoms with Gasteiger partial charge in [0, 0.05) is 24.0 Å². The number of hydrogen-bond donors (Lipinski definition) is 2. The van der Waals surface area contributed by atoms with Crippen LogP contribution in [-0.2, 0) is 11.2 Å². The smallest absolute Gasteiger partial charge is 0.226 e. The van der Waals surface area contributed by atoms with Crippen LogP contribution in [0.25, 0.3) is 10.9 Å². The summed E-state index contributed by atoms with van der Waals surface area (Å²) in [5, 5.41) is 11.5. The summed E-state index contributed by atoms with van der Waals surface area (Å²) in [6.07, 6.45) is 5.01. The summed E-state index contributed by atoms with van der Waals surface area (Å²) < 4.78 is 0. The average molecular weight is 362 g/mol. The molecule has 2 N–H and O–H groups in total. The van der Waals surface area contributed by atoms with Crippen LogP contribution in [0.3, 0.4) is 0 Å². The zero-order valence-electron chi connectivity index (χ0n) is 15.1. The summed E-state index contributed by atoms with van der Waals surface area (Å²) >= 11 is 0. The third-order valence-corrected chi connectivity index (χ3v) is 5.91. The van der Waals surface area contributed by atoms with Crippen molar-refractivity contribution in [3.05, 3.63) is 59.8 Å². The maximum Gasteiger partial charge on any atom is 0.226 e. The topological polar surface area (TPSA) is 82.1 Å². The molecule has 1 saturated carbocycles. The molecule has 0 radical (unpaired) electrons. The monoisotopic (exact) mass is 362 g/mol. The molecule has 5 rings (SSSR count). The van der Waals surface area contributed by atoms with Gasteiger partial charge in [-0.2, -0.15) is 0 Å². The van der Waals surface area contributed by atoms with Crippen molar-refractivity contribution < 1.29 is 9.90 Å². The molecule has 0 unspecified atom stereocenters. The highest BCUT2D eigenvalue weighted by molar-refractivity contribution is 5.80. The predicted octanol–water partition coefficient (Wildman–Crippen LogP) is 2.74. The number of para-hydroxylation sites is 1. The summed E-state index contributed by atoms with van der Waals surface area (Å²) in [5.74, 6) is -0.0224. The number of carbonyl (C=O) groups excluding carboxylic acids is 1. The van der Waals surface area contributed by atoms with Crippen LogP contribution in [-0.4, -0.2) is 43.0 Å². The molecule has 1 fully saturated rings. The number of amides is 1. The maximum atomic E-state index is 13.1. The van der Waals surface area contributed by atoms with Crippen molar-refractivity contribution in [1.29, 1.82) is 0 Å². The molecule has 1 aliphatic carbocycles. The Morgan fingerprint density at radius 2 is 2.11 bits per heavy atom. The average Bonchev–Trinajstić information content (AvgIpc) is 3.14. The zero-order chi connectivity index (χ0) is 18.4. The number of benzene rings is 1. The summed E-state index contributed by atoms with van der Waals surface area (Å²) in [5.41, 5.74) is 2.81. The molecule has 2 aliphatic rings. The Morgan fingerprint density at radius 3 is 2.93 bits per heavy atom. The lowest BCUT2D eigenvalue weighted by atomic mass is 9.77. The molecule has 0 spiro atoms. The van der Waals surface area contributed by atoms with Gasteiger partial charge in [0.15, 0.2) is 0 Å². The van der Waals surface area contributed by atoms with E-state index in [4.69, 9.17) is 4.98 Å². The van der Waals surface area contributed by atoms with Gasteiger partial charge in [-0.25, -0.2) is 4.98 Å². The normalized spacial score (nSPS) is 20.9. The minimum absolute atomic E-state index is 0.0224. The van der Waals surface area contributed by atoms with Crippen molar-refractivity contribution in [1.82, 2.24) is 19.9 Å². The number of nitrogens with one attached hydrogen (secondary N) is 1. The number of aromatic amines is 1. The SMILES string of the molecule is O=C(CC1(O)CCC1)N1CCc2[nH]cnc2[C@H]1c1ccc2ccccc2n1. The molecule has 138 valence electrons. The molecule has 3 aromatic rings. The standard InChI is InChI=1S/C21H22N4O2/c26-18(12-21(27)9-3-10-21)25-11-8-16-19(23-13-22-16)20(25)17-7-6-14-4-1-2-5-15(14)24-17/h1-2,4-7,13,20,27H,3,8-12H2,(H,22,23)/t20-/m1/s1. The van der Waals surface area contributed by atoms with E-state index in [1.54, 1.807) is 6.33 Å². The molecule has 1 aromatic carbocycles. The van der Waals surface area contributed by atoms with Gasteiger partial charge in [0.25, 0.3) is 0 Å². The van der Waals surface area contributed by atoms with E-state index in [0.717, 1.165) is 40.8 Å². The maximum absolute atomic E-state index is 13.1. The quantitative estimate of drug-likeness (QED) is 0.751. The first-order valence-electron chi connectivity index (χ1n) is 9.53. The number of H-pyrrole nitrogens is 1. The molecule has 3 heterocycles. The summed E-state index contributed by atoms with van der Waals surface area (Å²) in [6.45, 7) is 0.600. The van der Waals surface area contributed by atoms with Crippen LogP contribution in [0, 0.1) is 0 Å². The molecule has 6 heteroatoms. The van der Waals surface area contributed by atoms with Crippen molar-refractivity contribution in [2.24, 2.45) is 0 Å². The zero-order valence-corrected chi connectivity index (χ0v) is 15.1. The Labute approximate surface area is 157 Å². The molecule has 1 amide bonds. The number of fused-ring (bicyclic) bond motifs is 2. The molecule has 27 heavy (non-hydrogen) atoms. The predicted molar refractivity (Wildman–Crippen MR) is 101 cm³/mol. The Balaban J connectivity index is 1.55. The highest BCUT2D eigenvalue weighted by Gasteiger charge is 2.41. The van der Waals surface area contributed by atoms with E-state index >= 15 is 0 Å². The van der Waals surface area contributed by atoms with Crippen molar-refractivity contribution in [3.8, 4) is 0 Å². The Morgan fingerprint density at radius 1 is 1.26 bits per heavy atom. The Hall–Kier alpha value is -2.73. The molecule has 0 saturated heterocycles. The van der Waals surface area contributed by atoms with Gasteiger partial charge in [-0.05, 0) is 31.4 Å². The van der Waals surface area contributed by atoms with Crippen LogP contribution < -0.4 is 0 Å². The lowest BCUT2D eigenvalue weighted by molar-refractivity contribution is -0.142. The second-order valence-corrected chi connectivity index (χ2v) is 7.69. The van der Waals surface area contributed by atoms with Crippen LogP contribution in [0.15, 0.2) is 42.7 Å². The fourth-order valence-corrected chi connectivity index (χ4v) is 4.22. The van der Waals surface area contributed by atoms with Crippen LogP contribution in [0.4, 0.5) is 0 Å². The van der Waals surface area contributed by atoms with Gasteiger partial charge in [-0.3, -0.25) is 9.78 Å². The number of nitrogens with zero attached hydrogens (tertiary/aromatic N) is 3. The van der Waals surface area contributed by atoms with Gasteiger partial charge >= 0.3 is 0 Å². The largest absolute Gasteiger partial charge is 0.389 e. The molecule has 2 aromatic heterocycles. The van der Waals surface area contributed by atoms with Crippen molar-refractivity contribution in [2.75, 3.05) is 6.54 Å². The summed E-state index contributed by atoms with van der Waals surface area (Å²) in [7, 11) is 0. The Kier molecular flexibility index (Phi) is 3.75. The van der Waals surface area contributed by atoms with Gasteiger partial charge in [-0.15, -0.1) is 0 Å². The highest BCUT2D eigenvalue weighted by atomic mass is 16.3. The van der Waals surface area contributed by atoms with E-state index in [2.05, 4.69) is 9.97 Å². The Bertz CT molecular complexity index is 1010. The van der Waals surface area contributed by atoms with Crippen LogP contribution >= 0.6 is 0 Å². The second-order valence-electron chi connectivity index (χ2n) is 7.69. The minimum Gasteiger partial charge on any atom is -0.389 e. The van der Waals surface area contributed by atoms with E-state index in [-0.39, 0.29) is 18.4 Å². The number of aromatic nitrogens is 3. The number of hydrogen-bond acceptors (Lipinski definition) is 4. The molecule has 0 bridgehead atoms. The van der Waals surface area contributed by atoms with Crippen molar-refractivity contribution in [2.45, 2.75) is 43.7 Å². The second kappa shape index (κ2) is 6.16. The van der Waals surface area contributed by atoms with Gasteiger partial charge < -0.3 is 15.0 Å². The number of carbonyl (C=O) groups is 1. The number of rotatable bonds is 3. The van der Waals surface area contributed by atoms with Gasteiger partial charge in [0.1, 0.15) is 6.04 Å². The molecular formula is C21H22N4O2. The van der Waals surface area contributed by atoms with Crippen molar-refractivity contribution >= 4 is 16.8 Å². The molecule has 6 nitrogen and oxygen atoms in total. The van der Waals surface area contributed by atoms with Gasteiger partial charge in [0.2, 0.25) is 5.91 Å². The third-order valence-electron chi connectivity index (χ3n) is 5.91. The first-order chi connectivity index (χ1) is 13.1. The summed E-state index contributed by atoms with van der Waals surface area (Å²) in [4.78, 5) is 27.5. The lowest BCUT2D eigenvalue weighted by Crippen LogP contribution is -2.47. The van der Waals surface area contributed by atoms with Crippen LogP contribution in [0.1, 0.15) is 48.8 Å². The number of imidazole rings is 1. The highest BCUT2D eigenvalue weighted by Crippen LogP contribution is 2.38. The van der Waals surface area contributed by atoms with E-state index < -0.39 is 5.60 Å². The number of aliphatic hydroxyl groups is 1. The van der Waals surface area contributed by atoms with Crippen LogP contribution in [0.5, 0.6) is 0 Å². The molecule has 1 aliphatic heterocycles. The number of pyridine rings is 1. The first kappa shape index (κ1) is 16.4. The third kappa shape index (κ3) is 2.80.